The van der Waals surface area contributed by atoms with Crippen LogP contribution in [-0.2, 0) is 6.54 Å². The second-order valence-electron chi connectivity index (χ2n) is 4.74. The van der Waals surface area contributed by atoms with Gasteiger partial charge in [-0.15, -0.1) is 0 Å². The van der Waals surface area contributed by atoms with Crippen molar-refractivity contribution in [3.63, 3.8) is 0 Å². The number of nitrogens with zero attached hydrogens (tertiary/aromatic N) is 2. The van der Waals surface area contributed by atoms with Gasteiger partial charge in [-0.05, 0) is 37.6 Å². The third kappa shape index (κ3) is 3.59. The van der Waals surface area contributed by atoms with Crippen LogP contribution in [0.4, 0.5) is 0 Å². The van der Waals surface area contributed by atoms with Crippen LogP contribution >= 0.6 is 0 Å². The number of rotatable bonds is 7. The molecule has 1 aromatic heterocycles. The third-order valence-corrected chi connectivity index (χ3v) is 3.27. The van der Waals surface area contributed by atoms with E-state index in [1.54, 1.807) is 6.20 Å². The van der Waals surface area contributed by atoms with E-state index in [2.05, 4.69) is 30.4 Å². The first-order chi connectivity index (χ1) is 9.74. The summed E-state index contributed by atoms with van der Waals surface area (Å²) in [6.45, 7) is 5.55. The first kappa shape index (κ1) is 14.6. The lowest BCUT2D eigenvalue weighted by molar-refractivity contribution is 0.283. The molecule has 0 saturated heterocycles. The van der Waals surface area contributed by atoms with Crippen molar-refractivity contribution in [1.82, 2.24) is 15.2 Å². The lowest BCUT2D eigenvalue weighted by atomic mass is 10.1. The van der Waals surface area contributed by atoms with Gasteiger partial charge in [0.25, 0.3) is 0 Å². The molecule has 2 rings (SSSR count). The van der Waals surface area contributed by atoms with Crippen molar-refractivity contribution in [2.75, 3.05) is 6.61 Å². The molecule has 0 aliphatic carbocycles. The Hall–Kier alpha value is -1.85. The van der Waals surface area contributed by atoms with Crippen molar-refractivity contribution in [2.45, 2.75) is 32.9 Å². The number of nitrogens with two attached hydrogens (primary N) is 1. The lowest BCUT2D eigenvalue weighted by Crippen LogP contribution is -2.31. The summed E-state index contributed by atoms with van der Waals surface area (Å²) in [5.41, 5.74) is 5.12. The summed E-state index contributed by atoms with van der Waals surface area (Å²) in [4.78, 5) is 0. The molecule has 1 heterocycles. The Morgan fingerprint density at radius 1 is 1.40 bits per heavy atom. The Morgan fingerprint density at radius 3 is 2.95 bits per heavy atom. The van der Waals surface area contributed by atoms with E-state index in [1.165, 1.54) is 5.56 Å². The van der Waals surface area contributed by atoms with Crippen LogP contribution in [0.2, 0.25) is 0 Å². The number of ether oxygens (including phenoxy) is 1. The van der Waals surface area contributed by atoms with Crippen LogP contribution in [0.5, 0.6) is 5.75 Å². The van der Waals surface area contributed by atoms with Gasteiger partial charge in [-0.25, -0.2) is 0 Å². The number of hydrazine groups is 1. The Labute approximate surface area is 119 Å². The van der Waals surface area contributed by atoms with Crippen LogP contribution in [0.15, 0.2) is 36.5 Å². The standard InChI is InChI=1S/C15H22N4O/c1-3-19-15(7-9-17-19)14(18-16)8-10-20-13-6-4-5-12(2)11-13/h4-7,9,11,14,18H,3,8,10,16H2,1-2H3. The van der Waals surface area contributed by atoms with Gasteiger partial charge in [0.2, 0.25) is 0 Å². The quantitative estimate of drug-likeness (QED) is 0.600. The monoisotopic (exact) mass is 274 g/mol. The highest BCUT2D eigenvalue weighted by atomic mass is 16.5. The minimum atomic E-state index is 0.0438. The number of hydrogen-bond donors (Lipinski definition) is 2. The van der Waals surface area contributed by atoms with E-state index >= 15 is 0 Å². The zero-order valence-corrected chi connectivity index (χ0v) is 12.0. The van der Waals surface area contributed by atoms with Gasteiger partial charge in [0.05, 0.1) is 18.3 Å². The Morgan fingerprint density at radius 2 is 2.25 bits per heavy atom. The van der Waals surface area contributed by atoms with Crippen molar-refractivity contribution in [1.29, 1.82) is 0 Å². The summed E-state index contributed by atoms with van der Waals surface area (Å²) in [5.74, 6) is 6.54. The first-order valence-corrected chi connectivity index (χ1v) is 6.92. The molecule has 1 aromatic carbocycles. The highest BCUT2D eigenvalue weighted by Gasteiger charge is 2.14. The number of hydrogen-bond acceptors (Lipinski definition) is 4. The molecule has 0 fully saturated rings. The van der Waals surface area contributed by atoms with E-state index in [0.29, 0.717) is 6.61 Å². The highest BCUT2D eigenvalue weighted by Crippen LogP contribution is 2.17. The van der Waals surface area contributed by atoms with Gasteiger partial charge in [-0.2, -0.15) is 5.10 Å². The summed E-state index contributed by atoms with van der Waals surface area (Å²) >= 11 is 0. The molecule has 0 radical (unpaired) electrons. The van der Waals surface area contributed by atoms with Crippen molar-refractivity contribution >= 4 is 0 Å². The molecule has 0 bridgehead atoms. The van der Waals surface area contributed by atoms with Gasteiger partial charge in [-0.1, -0.05) is 12.1 Å². The van der Waals surface area contributed by atoms with Crippen LogP contribution in [-0.4, -0.2) is 16.4 Å². The van der Waals surface area contributed by atoms with Gasteiger partial charge < -0.3 is 4.74 Å². The number of nitrogens with one attached hydrogen (secondary N) is 1. The summed E-state index contributed by atoms with van der Waals surface area (Å²) in [5, 5.41) is 4.26. The first-order valence-electron chi connectivity index (χ1n) is 6.92. The molecule has 3 N–H and O–H groups in total. The zero-order chi connectivity index (χ0) is 14.4. The maximum Gasteiger partial charge on any atom is 0.119 e. The van der Waals surface area contributed by atoms with E-state index in [0.717, 1.165) is 24.4 Å². The van der Waals surface area contributed by atoms with Crippen molar-refractivity contribution < 1.29 is 4.74 Å². The predicted molar refractivity (Wildman–Crippen MR) is 79.3 cm³/mol. The molecule has 1 atom stereocenters. The van der Waals surface area contributed by atoms with Crippen molar-refractivity contribution in [3.05, 3.63) is 47.8 Å². The molecule has 0 spiro atoms. The third-order valence-electron chi connectivity index (χ3n) is 3.27. The smallest absolute Gasteiger partial charge is 0.119 e. The SMILES string of the molecule is CCn1nccc1C(CCOc1cccc(C)c1)NN. The molecular weight excluding hydrogens is 252 g/mol. The summed E-state index contributed by atoms with van der Waals surface area (Å²) in [7, 11) is 0. The summed E-state index contributed by atoms with van der Waals surface area (Å²) in [6, 6.07) is 10.1. The zero-order valence-electron chi connectivity index (χ0n) is 12.0. The maximum atomic E-state index is 5.77. The molecule has 5 heteroatoms. The van der Waals surface area contributed by atoms with Gasteiger partial charge >= 0.3 is 0 Å². The summed E-state index contributed by atoms with van der Waals surface area (Å²) < 4.78 is 7.71. The number of benzene rings is 1. The normalized spacial score (nSPS) is 12.3. The van der Waals surface area contributed by atoms with Gasteiger partial charge in [0.1, 0.15) is 5.75 Å². The molecule has 20 heavy (non-hydrogen) atoms. The Kier molecular flexibility index (Phi) is 5.15. The fourth-order valence-corrected chi connectivity index (χ4v) is 2.22. The van der Waals surface area contributed by atoms with E-state index in [9.17, 15) is 0 Å². The Balaban J connectivity index is 1.91. The van der Waals surface area contributed by atoms with Crippen LogP contribution in [0.25, 0.3) is 0 Å². The second kappa shape index (κ2) is 7.07. The molecule has 0 amide bonds. The van der Waals surface area contributed by atoms with Crippen molar-refractivity contribution in [3.8, 4) is 5.75 Å². The van der Waals surface area contributed by atoms with Crippen LogP contribution in [0.3, 0.4) is 0 Å². The fourth-order valence-electron chi connectivity index (χ4n) is 2.22. The minimum Gasteiger partial charge on any atom is -0.494 e. The topological polar surface area (TPSA) is 65.1 Å². The molecule has 5 nitrogen and oxygen atoms in total. The number of aromatic nitrogens is 2. The molecule has 2 aromatic rings. The average Bonchev–Trinajstić information content (AvgIpc) is 2.92. The average molecular weight is 274 g/mol. The van der Waals surface area contributed by atoms with Crippen LogP contribution in [0.1, 0.15) is 30.6 Å². The molecule has 0 saturated carbocycles. The maximum absolute atomic E-state index is 5.77. The van der Waals surface area contributed by atoms with Crippen molar-refractivity contribution in [2.24, 2.45) is 5.84 Å². The van der Waals surface area contributed by atoms with E-state index in [4.69, 9.17) is 10.6 Å². The molecule has 108 valence electrons. The second-order valence-corrected chi connectivity index (χ2v) is 4.74. The van der Waals surface area contributed by atoms with Gasteiger partial charge in [-0.3, -0.25) is 16.0 Å². The van der Waals surface area contributed by atoms with E-state index in [1.807, 2.05) is 28.9 Å². The molecule has 1 unspecified atom stereocenters. The lowest BCUT2D eigenvalue weighted by Gasteiger charge is -2.17. The molecule has 0 aliphatic heterocycles. The minimum absolute atomic E-state index is 0.0438. The number of aryl methyl sites for hydroxylation is 2. The van der Waals surface area contributed by atoms with Gasteiger partial charge in [0, 0.05) is 19.2 Å². The van der Waals surface area contributed by atoms with Crippen LogP contribution in [0, 0.1) is 6.92 Å². The highest BCUT2D eigenvalue weighted by molar-refractivity contribution is 5.27. The predicted octanol–water partition coefficient (Wildman–Crippen LogP) is 2.18. The summed E-state index contributed by atoms with van der Waals surface area (Å²) in [6.07, 6.45) is 2.58. The molecular formula is C15H22N4O. The van der Waals surface area contributed by atoms with Crippen LogP contribution < -0.4 is 16.0 Å². The van der Waals surface area contributed by atoms with Gasteiger partial charge in [0.15, 0.2) is 0 Å². The largest absolute Gasteiger partial charge is 0.494 e. The van der Waals surface area contributed by atoms with E-state index in [-0.39, 0.29) is 6.04 Å². The van der Waals surface area contributed by atoms with E-state index < -0.39 is 0 Å². The Bertz CT molecular complexity index is 538. The fraction of sp³-hybridized carbons (Fsp3) is 0.400. The molecule has 0 aliphatic rings.